The Labute approximate surface area is 152 Å². The normalized spacial score (nSPS) is 22.2. The summed E-state index contributed by atoms with van der Waals surface area (Å²) in [6, 6.07) is 10.2. The van der Waals surface area contributed by atoms with Crippen molar-refractivity contribution in [2.24, 2.45) is 0 Å². The SMILES string of the molecule is O=C(Cc1cccs1)N1CCC2(CC1)CC(Nc1ccccn1)CO2. The summed E-state index contributed by atoms with van der Waals surface area (Å²) in [6.07, 6.45) is 5.14. The van der Waals surface area contributed by atoms with Gasteiger partial charge in [0, 0.05) is 24.2 Å². The topological polar surface area (TPSA) is 54.5 Å². The third kappa shape index (κ3) is 3.85. The summed E-state index contributed by atoms with van der Waals surface area (Å²) in [4.78, 5) is 19.9. The number of amides is 1. The maximum absolute atomic E-state index is 12.4. The molecule has 2 aromatic heterocycles. The second kappa shape index (κ2) is 7.14. The third-order valence-electron chi connectivity index (χ3n) is 5.16. The fourth-order valence-corrected chi connectivity index (χ4v) is 4.48. The van der Waals surface area contributed by atoms with Crippen molar-refractivity contribution in [3.63, 3.8) is 0 Å². The average molecular weight is 357 g/mol. The Morgan fingerprint density at radius 3 is 2.92 bits per heavy atom. The van der Waals surface area contributed by atoms with E-state index in [1.54, 1.807) is 17.5 Å². The van der Waals surface area contributed by atoms with Crippen LogP contribution < -0.4 is 5.32 Å². The smallest absolute Gasteiger partial charge is 0.227 e. The molecule has 2 aliphatic heterocycles. The number of nitrogens with zero attached hydrogens (tertiary/aromatic N) is 2. The van der Waals surface area contributed by atoms with Crippen molar-refractivity contribution in [3.8, 4) is 0 Å². The molecule has 4 heterocycles. The van der Waals surface area contributed by atoms with Crippen molar-refractivity contribution < 1.29 is 9.53 Å². The maximum atomic E-state index is 12.4. The molecule has 0 saturated carbocycles. The number of ether oxygens (including phenoxy) is 1. The number of carbonyl (C=O) groups is 1. The minimum Gasteiger partial charge on any atom is -0.373 e. The van der Waals surface area contributed by atoms with E-state index in [0.29, 0.717) is 19.1 Å². The lowest BCUT2D eigenvalue weighted by Gasteiger charge is -2.38. The molecule has 0 aromatic carbocycles. The van der Waals surface area contributed by atoms with E-state index in [1.165, 1.54) is 0 Å². The zero-order valence-electron chi connectivity index (χ0n) is 14.2. The Kier molecular flexibility index (Phi) is 4.72. The second-order valence-corrected chi connectivity index (χ2v) is 7.92. The van der Waals surface area contributed by atoms with Crippen LogP contribution in [0.25, 0.3) is 0 Å². The van der Waals surface area contributed by atoms with Gasteiger partial charge in [0.15, 0.2) is 0 Å². The lowest BCUT2D eigenvalue weighted by Crippen LogP contribution is -2.47. The molecule has 4 rings (SSSR count). The molecule has 1 spiro atoms. The van der Waals surface area contributed by atoms with Crippen LogP contribution in [-0.2, 0) is 16.0 Å². The largest absolute Gasteiger partial charge is 0.373 e. The Hall–Kier alpha value is -1.92. The first-order chi connectivity index (χ1) is 12.2. The Bertz CT molecular complexity index is 697. The molecular formula is C19H23N3O2S. The number of rotatable bonds is 4. The van der Waals surface area contributed by atoms with Crippen LogP contribution in [0.3, 0.4) is 0 Å². The molecule has 0 radical (unpaired) electrons. The average Bonchev–Trinajstić information content (AvgIpc) is 3.27. The number of piperidine rings is 1. The highest BCUT2D eigenvalue weighted by molar-refractivity contribution is 7.10. The van der Waals surface area contributed by atoms with Crippen LogP contribution in [0.5, 0.6) is 0 Å². The number of anilines is 1. The number of pyridine rings is 1. The molecule has 0 aliphatic carbocycles. The van der Waals surface area contributed by atoms with Gasteiger partial charge < -0.3 is 15.0 Å². The van der Waals surface area contributed by atoms with E-state index in [9.17, 15) is 4.79 Å². The van der Waals surface area contributed by atoms with Gasteiger partial charge in [0.1, 0.15) is 5.82 Å². The van der Waals surface area contributed by atoms with Crippen molar-refractivity contribution in [3.05, 3.63) is 46.8 Å². The van der Waals surface area contributed by atoms with Gasteiger partial charge in [0.2, 0.25) is 5.91 Å². The van der Waals surface area contributed by atoms with Gasteiger partial charge in [-0.1, -0.05) is 12.1 Å². The van der Waals surface area contributed by atoms with E-state index >= 15 is 0 Å². The van der Waals surface area contributed by atoms with E-state index in [0.717, 1.165) is 43.0 Å². The number of likely N-dealkylation sites (tertiary alicyclic amines) is 1. The van der Waals surface area contributed by atoms with Crippen molar-refractivity contribution in [2.45, 2.75) is 37.3 Å². The second-order valence-electron chi connectivity index (χ2n) is 6.89. The molecule has 2 saturated heterocycles. The molecule has 1 N–H and O–H groups in total. The number of thiophene rings is 1. The first-order valence-electron chi connectivity index (χ1n) is 8.84. The van der Waals surface area contributed by atoms with E-state index in [1.807, 2.05) is 40.6 Å². The van der Waals surface area contributed by atoms with E-state index in [2.05, 4.69) is 10.3 Å². The van der Waals surface area contributed by atoms with Crippen LogP contribution >= 0.6 is 11.3 Å². The Balaban J connectivity index is 1.29. The van der Waals surface area contributed by atoms with Gasteiger partial charge in [-0.05, 0) is 42.8 Å². The van der Waals surface area contributed by atoms with Gasteiger partial charge in [-0.25, -0.2) is 4.98 Å². The molecule has 2 aromatic rings. The lowest BCUT2D eigenvalue weighted by atomic mass is 9.87. The number of nitrogens with one attached hydrogen (secondary N) is 1. The molecule has 2 fully saturated rings. The summed E-state index contributed by atoms with van der Waals surface area (Å²) in [5.74, 6) is 1.13. The summed E-state index contributed by atoms with van der Waals surface area (Å²) in [5, 5.41) is 5.48. The van der Waals surface area contributed by atoms with Crippen molar-refractivity contribution in [1.29, 1.82) is 0 Å². The minimum absolute atomic E-state index is 0.0772. The highest BCUT2D eigenvalue weighted by Crippen LogP contribution is 2.37. The molecule has 2 aliphatic rings. The summed E-state index contributed by atoms with van der Waals surface area (Å²) >= 11 is 1.65. The Morgan fingerprint density at radius 2 is 2.20 bits per heavy atom. The van der Waals surface area contributed by atoms with Crippen LogP contribution in [0, 0.1) is 0 Å². The quantitative estimate of drug-likeness (QED) is 0.914. The highest BCUT2D eigenvalue weighted by atomic mass is 32.1. The van der Waals surface area contributed by atoms with Crippen LogP contribution in [0.15, 0.2) is 41.9 Å². The predicted molar refractivity (Wildman–Crippen MR) is 98.8 cm³/mol. The maximum Gasteiger partial charge on any atom is 0.227 e. The van der Waals surface area contributed by atoms with Gasteiger partial charge in [-0.3, -0.25) is 4.79 Å². The zero-order chi connectivity index (χ0) is 17.1. The highest BCUT2D eigenvalue weighted by Gasteiger charge is 2.43. The number of hydrogen-bond acceptors (Lipinski definition) is 5. The molecule has 5 nitrogen and oxygen atoms in total. The minimum atomic E-state index is -0.0772. The summed E-state index contributed by atoms with van der Waals surface area (Å²) in [5.41, 5.74) is -0.0772. The third-order valence-corrected chi connectivity index (χ3v) is 6.04. The van der Waals surface area contributed by atoms with Gasteiger partial charge in [0.05, 0.1) is 24.7 Å². The molecule has 0 bridgehead atoms. The summed E-state index contributed by atoms with van der Waals surface area (Å²) in [6.45, 7) is 2.29. The Morgan fingerprint density at radius 1 is 1.32 bits per heavy atom. The van der Waals surface area contributed by atoms with Gasteiger partial charge in [-0.2, -0.15) is 0 Å². The fraction of sp³-hybridized carbons (Fsp3) is 0.474. The zero-order valence-corrected chi connectivity index (χ0v) is 15.0. The van der Waals surface area contributed by atoms with Crippen LogP contribution in [0.2, 0.25) is 0 Å². The van der Waals surface area contributed by atoms with Crippen LogP contribution in [0.4, 0.5) is 5.82 Å². The molecule has 1 atom stereocenters. The van der Waals surface area contributed by atoms with E-state index in [4.69, 9.17) is 4.74 Å². The number of aromatic nitrogens is 1. The molecule has 1 amide bonds. The number of hydrogen-bond donors (Lipinski definition) is 1. The van der Waals surface area contributed by atoms with Crippen LogP contribution in [-0.4, -0.2) is 47.1 Å². The monoisotopic (exact) mass is 357 g/mol. The molecule has 132 valence electrons. The van der Waals surface area contributed by atoms with Gasteiger partial charge >= 0.3 is 0 Å². The molecular weight excluding hydrogens is 334 g/mol. The molecule has 25 heavy (non-hydrogen) atoms. The van der Waals surface area contributed by atoms with Crippen molar-refractivity contribution in [2.75, 3.05) is 25.0 Å². The summed E-state index contributed by atoms with van der Waals surface area (Å²) in [7, 11) is 0. The standard InChI is InChI=1S/C19H23N3O2S/c23-18(12-16-4-3-11-25-16)22-9-6-19(7-10-22)13-15(14-24-19)21-17-5-1-2-8-20-17/h1-5,8,11,15H,6-7,9-10,12-14H2,(H,20,21). The first-order valence-corrected chi connectivity index (χ1v) is 9.72. The van der Waals surface area contributed by atoms with Crippen LogP contribution in [0.1, 0.15) is 24.1 Å². The van der Waals surface area contributed by atoms with Crippen molar-refractivity contribution >= 4 is 23.1 Å². The fourth-order valence-electron chi connectivity index (χ4n) is 3.78. The van der Waals surface area contributed by atoms with E-state index < -0.39 is 0 Å². The van der Waals surface area contributed by atoms with Gasteiger partial charge in [-0.15, -0.1) is 11.3 Å². The molecule has 1 unspecified atom stereocenters. The van der Waals surface area contributed by atoms with Crippen molar-refractivity contribution in [1.82, 2.24) is 9.88 Å². The predicted octanol–water partition coefficient (Wildman–Crippen LogP) is 2.95. The number of carbonyl (C=O) groups excluding carboxylic acids is 1. The lowest BCUT2D eigenvalue weighted by molar-refractivity contribution is -0.135. The van der Waals surface area contributed by atoms with E-state index in [-0.39, 0.29) is 11.5 Å². The van der Waals surface area contributed by atoms with Gasteiger partial charge in [0.25, 0.3) is 0 Å². The molecule has 6 heteroatoms. The first kappa shape index (κ1) is 16.5. The summed E-state index contributed by atoms with van der Waals surface area (Å²) < 4.78 is 6.17.